The summed E-state index contributed by atoms with van der Waals surface area (Å²) >= 11 is 0. The van der Waals surface area contributed by atoms with Gasteiger partial charge in [0.2, 0.25) is 11.8 Å². The lowest BCUT2D eigenvalue weighted by atomic mass is 9.95. The summed E-state index contributed by atoms with van der Waals surface area (Å²) in [5, 5.41) is 22.7. The molecule has 1 atom stereocenters. The lowest BCUT2D eigenvalue weighted by Crippen LogP contribution is -2.24. The fraction of sp³-hybridized carbons (Fsp3) is 0.238. The highest BCUT2D eigenvalue weighted by Crippen LogP contribution is 2.27. The number of nitrogens with zero attached hydrogens (tertiary/aromatic N) is 6. The number of aliphatic hydroxyl groups is 1. The minimum absolute atomic E-state index is 0.0972. The molecule has 0 aliphatic carbocycles. The molecule has 0 saturated carbocycles. The molecule has 1 amide bonds. The van der Waals surface area contributed by atoms with Gasteiger partial charge < -0.3 is 15.3 Å². The van der Waals surface area contributed by atoms with E-state index in [2.05, 4.69) is 25.3 Å². The van der Waals surface area contributed by atoms with Crippen LogP contribution in [0, 0.1) is 6.92 Å². The minimum Gasteiger partial charge on any atom is -0.422 e. The summed E-state index contributed by atoms with van der Waals surface area (Å²) in [5.74, 6) is 0.199. The van der Waals surface area contributed by atoms with Crippen molar-refractivity contribution in [3.8, 4) is 22.8 Å². The Morgan fingerprint density at radius 2 is 2.03 bits per heavy atom. The first-order chi connectivity index (χ1) is 14.7. The SMILES string of the molecule is Cc1nnc(C(C)(O)Cc2cccc(-c3nc(C(N)=O)cc(-c4ccnn4C)n3)c2)o1. The first-order valence-corrected chi connectivity index (χ1v) is 9.52. The van der Waals surface area contributed by atoms with Gasteiger partial charge in [-0.1, -0.05) is 18.2 Å². The fourth-order valence-electron chi connectivity index (χ4n) is 3.27. The zero-order valence-electron chi connectivity index (χ0n) is 17.3. The third kappa shape index (κ3) is 4.19. The van der Waals surface area contributed by atoms with Crippen LogP contribution < -0.4 is 5.73 Å². The fourth-order valence-corrected chi connectivity index (χ4v) is 3.27. The summed E-state index contributed by atoms with van der Waals surface area (Å²) in [4.78, 5) is 20.8. The molecule has 0 fully saturated rings. The van der Waals surface area contributed by atoms with E-state index in [0.29, 0.717) is 23.0 Å². The molecule has 0 bridgehead atoms. The Bertz CT molecular complexity index is 1260. The molecule has 3 heterocycles. The Labute approximate surface area is 177 Å². The Balaban J connectivity index is 1.72. The second-order valence-corrected chi connectivity index (χ2v) is 7.44. The summed E-state index contributed by atoms with van der Waals surface area (Å²) < 4.78 is 7.04. The number of aromatic nitrogens is 6. The van der Waals surface area contributed by atoms with Gasteiger partial charge in [-0.15, -0.1) is 10.2 Å². The van der Waals surface area contributed by atoms with Crippen LogP contribution in [0.2, 0.25) is 0 Å². The molecule has 3 N–H and O–H groups in total. The molecule has 158 valence electrons. The first kappa shape index (κ1) is 20.4. The number of primary amides is 1. The first-order valence-electron chi connectivity index (χ1n) is 9.52. The monoisotopic (exact) mass is 419 g/mol. The van der Waals surface area contributed by atoms with E-state index in [0.717, 1.165) is 11.3 Å². The van der Waals surface area contributed by atoms with Crippen LogP contribution in [0.5, 0.6) is 0 Å². The average molecular weight is 419 g/mol. The number of nitrogens with two attached hydrogens (primary N) is 1. The number of carbonyl (C=O) groups excluding carboxylic acids is 1. The number of aryl methyl sites for hydroxylation is 2. The van der Waals surface area contributed by atoms with Crippen molar-refractivity contribution in [1.82, 2.24) is 29.9 Å². The van der Waals surface area contributed by atoms with Crippen molar-refractivity contribution in [3.05, 3.63) is 65.6 Å². The van der Waals surface area contributed by atoms with E-state index in [1.54, 1.807) is 37.8 Å². The van der Waals surface area contributed by atoms with Gasteiger partial charge in [-0.25, -0.2) is 9.97 Å². The topological polar surface area (TPSA) is 146 Å². The quantitative estimate of drug-likeness (QED) is 0.481. The van der Waals surface area contributed by atoms with Gasteiger partial charge in [0.25, 0.3) is 5.91 Å². The van der Waals surface area contributed by atoms with Gasteiger partial charge in [-0.2, -0.15) is 5.10 Å². The molecule has 0 saturated heterocycles. The summed E-state index contributed by atoms with van der Waals surface area (Å²) in [5.41, 5.74) is 6.95. The molecule has 1 aromatic carbocycles. The number of amides is 1. The maximum atomic E-state index is 11.9. The van der Waals surface area contributed by atoms with Crippen LogP contribution in [-0.4, -0.2) is 41.0 Å². The Morgan fingerprint density at radius 1 is 1.23 bits per heavy atom. The van der Waals surface area contributed by atoms with Crippen molar-refractivity contribution in [1.29, 1.82) is 0 Å². The number of rotatable bonds is 6. The highest BCUT2D eigenvalue weighted by Gasteiger charge is 2.30. The molecule has 10 nitrogen and oxygen atoms in total. The molecule has 4 aromatic rings. The van der Waals surface area contributed by atoms with Crippen LogP contribution >= 0.6 is 0 Å². The molecule has 0 spiro atoms. The molecule has 1 unspecified atom stereocenters. The molecular weight excluding hydrogens is 398 g/mol. The minimum atomic E-state index is -1.35. The molecular formula is C21H21N7O3. The number of hydrogen-bond acceptors (Lipinski definition) is 8. The standard InChI is InChI=1S/C21H21N7O3/c1-12-26-27-20(31-12)21(2,30)11-13-5-4-6-14(9-13)19-24-15(10-16(25-19)18(22)29)17-7-8-23-28(17)3/h4-10,30H,11H2,1-3H3,(H2,22,29). The Kier molecular flexibility index (Phi) is 5.07. The van der Waals surface area contributed by atoms with Crippen LogP contribution in [0.15, 0.2) is 47.0 Å². The third-order valence-electron chi connectivity index (χ3n) is 4.78. The normalized spacial score (nSPS) is 13.2. The second-order valence-electron chi connectivity index (χ2n) is 7.44. The Morgan fingerprint density at radius 3 is 2.68 bits per heavy atom. The second kappa shape index (κ2) is 7.73. The van der Waals surface area contributed by atoms with Gasteiger partial charge in [-0.3, -0.25) is 9.48 Å². The molecule has 0 radical (unpaired) electrons. The maximum absolute atomic E-state index is 11.9. The smallest absolute Gasteiger partial charge is 0.267 e. The van der Waals surface area contributed by atoms with Gasteiger partial charge in [0.15, 0.2) is 5.82 Å². The molecule has 3 aromatic heterocycles. The lowest BCUT2D eigenvalue weighted by Gasteiger charge is -2.19. The van der Waals surface area contributed by atoms with Gasteiger partial charge >= 0.3 is 0 Å². The molecule has 4 rings (SSSR count). The third-order valence-corrected chi connectivity index (χ3v) is 4.78. The van der Waals surface area contributed by atoms with Crippen molar-refractivity contribution in [2.24, 2.45) is 12.8 Å². The zero-order chi connectivity index (χ0) is 22.2. The Hall–Kier alpha value is -3.92. The maximum Gasteiger partial charge on any atom is 0.267 e. The number of carbonyl (C=O) groups is 1. The van der Waals surface area contributed by atoms with E-state index in [1.807, 2.05) is 24.3 Å². The van der Waals surface area contributed by atoms with Crippen molar-refractivity contribution < 1.29 is 14.3 Å². The van der Waals surface area contributed by atoms with Crippen molar-refractivity contribution in [2.45, 2.75) is 25.9 Å². The van der Waals surface area contributed by atoms with E-state index in [-0.39, 0.29) is 18.0 Å². The highest BCUT2D eigenvalue weighted by molar-refractivity contribution is 5.92. The largest absolute Gasteiger partial charge is 0.422 e. The van der Waals surface area contributed by atoms with Crippen LogP contribution in [0.4, 0.5) is 0 Å². The summed E-state index contributed by atoms with van der Waals surface area (Å²) in [6.07, 6.45) is 1.87. The van der Waals surface area contributed by atoms with E-state index in [4.69, 9.17) is 10.2 Å². The van der Waals surface area contributed by atoms with Crippen LogP contribution in [0.1, 0.15) is 34.8 Å². The van der Waals surface area contributed by atoms with Gasteiger partial charge in [0.1, 0.15) is 11.3 Å². The predicted octanol–water partition coefficient (Wildman–Crippen LogP) is 1.78. The van der Waals surface area contributed by atoms with E-state index < -0.39 is 11.5 Å². The lowest BCUT2D eigenvalue weighted by molar-refractivity contribution is 0.0280. The highest BCUT2D eigenvalue weighted by atomic mass is 16.4. The predicted molar refractivity (Wildman–Crippen MR) is 110 cm³/mol. The summed E-state index contributed by atoms with van der Waals surface area (Å²) in [6.45, 7) is 3.27. The molecule has 0 aliphatic rings. The van der Waals surface area contributed by atoms with Gasteiger partial charge in [0, 0.05) is 32.2 Å². The van der Waals surface area contributed by atoms with Crippen LogP contribution in [0.3, 0.4) is 0 Å². The van der Waals surface area contributed by atoms with Gasteiger partial charge in [-0.05, 0) is 30.7 Å². The number of hydrogen-bond donors (Lipinski definition) is 2. The van der Waals surface area contributed by atoms with Gasteiger partial charge in [0.05, 0.1) is 11.4 Å². The zero-order valence-corrected chi connectivity index (χ0v) is 17.3. The molecule has 31 heavy (non-hydrogen) atoms. The van der Waals surface area contributed by atoms with Crippen molar-refractivity contribution >= 4 is 5.91 Å². The van der Waals surface area contributed by atoms with Crippen molar-refractivity contribution in [3.63, 3.8) is 0 Å². The molecule has 0 aliphatic heterocycles. The van der Waals surface area contributed by atoms with Crippen molar-refractivity contribution in [2.75, 3.05) is 0 Å². The molecule has 10 heteroatoms. The number of benzene rings is 1. The van der Waals surface area contributed by atoms with Crippen LogP contribution in [-0.2, 0) is 19.1 Å². The van der Waals surface area contributed by atoms with Crippen LogP contribution in [0.25, 0.3) is 22.8 Å². The average Bonchev–Trinajstić information content (AvgIpc) is 3.36. The summed E-state index contributed by atoms with van der Waals surface area (Å²) in [7, 11) is 1.78. The van der Waals surface area contributed by atoms with E-state index in [1.165, 1.54) is 6.07 Å². The summed E-state index contributed by atoms with van der Waals surface area (Å²) in [6, 6.07) is 10.7. The van der Waals surface area contributed by atoms with E-state index in [9.17, 15) is 9.90 Å². The van der Waals surface area contributed by atoms with E-state index >= 15 is 0 Å².